The third-order valence-corrected chi connectivity index (χ3v) is 6.63. The summed E-state index contributed by atoms with van der Waals surface area (Å²) >= 11 is 0. The van der Waals surface area contributed by atoms with Gasteiger partial charge in [-0.3, -0.25) is 9.59 Å². The van der Waals surface area contributed by atoms with Crippen LogP contribution >= 0.6 is 0 Å². The fourth-order valence-electron chi connectivity index (χ4n) is 4.06. The number of ether oxygens (including phenoxy) is 1. The summed E-state index contributed by atoms with van der Waals surface area (Å²) in [7, 11) is -3.55. The molecule has 3 aliphatic heterocycles. The maximum atomic E-state index is 13.3. The molecule has 0 aliphatic carbocycles. The summed E-state index contributed by atoms with van der Waals surface area (Å²) in [6, 6.07) is 7.63. The number of nitrogens with zero attached hydrogens (tertiary/aromatic N) is 2. The number of fused-ring (bicyclic) bond motifs is 1. The van der Waals surface area contributed by atoms with Crippen molar-refractivity contribution in [2.45, 2.75) is 12.0 Å². The number of carbonyl (C=O) groups excluding carboxylic acids is 2. The Balaban J connectivity index is 1.71. The van der Waals surface area contributed by atoms with Crippen LogP contribution in [0.2, 0.25) is 0 Å². The van der Waals surface area contributed by atoms with Crippen molar-refractivity contribution >= 4 is 27.5 Å². The van der Waals surface area contributed by atoms with Gasteiger partial charge in [0.2, 0.25) is 15.9 Å². The van der Waals surface area contributed by atoms with Gasteiger partial charge in [0.1, 0.15) is 0 Å². The molecule has 2 atom stereocenters. The molecule has 1 spiro atoms. The highest BCUT2D eigenvalue weighted by atomic mass is 32.2. The van der Waals surface area contributed by atoms with Crippen LogP contribution in [0.15, 0.2) is 24.3 Å². The molecule has 0 saturated carbocycles. The summed E-state index contributed by atoms with van der Waals surface area (Å²) in [4.78, 5) is 27.6. The van der Waals surface area contributed by atoms with Gasteiger partial charge in [-0.25, -0.2) is 8.42 Å². The first-order valence-corrected chi connectivity index (χ1v) is 10.4. The van der Waals surface area contributed by atoms with Gasteiger partial charge < -0.3 is 15.0 Å². The molecule has 1 aromatic carbocycles. The third-order valence-electron chi connectivity index (χ3n) is 5.41. The summed E-state index contributed by atoms with van der Waals surface area (Å²) < 4.78 is 31.1. The molecule has 2 saturated heterocycles. The van der Waals surface area contributed by atoms with Crippen LogP contribution in [-0.4, -0.2) is 69.2 Å². The van der Waals surface area contributed by atoms with Gasteiger partial charge in [0.15, 0.2) is 5.60 Å². The molecule has 4 rings (SSSR count). The molecule has 2 amide bonds. The zero-order chi connectivity index (χ0) is 18.5. The van der Waals surface area contributed by atoms with Gasteiger partial charge >= 0.3 is 0 Å². The van der Waals surface area contributed by atoms with E-state index in [-0.39, 0.29) is 25.6 Å². The van der Waals surface area contributed by atoms with Crippen molar-refractivity contribution in [3.8, 4) is 0 Å². The first-order chi connectivity index (χ1) is 12.3. The van der Waals surface area contributed by atoms with E-state index in [2.05, 4.69) is 5.32 Å². The zero-order valence-electron chi connectivity index (χ0n) is 14.5. The van der Waals surface area contributed by atoms with Crippen molar-refractivity contribution in [1.82, 2.24) is 9.62 Å². The lowest BCUT2D eigenvalue weighted by Gasteiger charge is -2.37. The molecule has 1 aromatic rings. The number of para-hydroxylation sites is 1. The molecule has 0 unspecified atom stereocenters. The monoisotopic (exact) mass is 379 g/mol. The van der Waals surface area contributed by atoms with Crippen LogP contribution in [0.3, 0.4) is 0 Å². The largest absolute Gasteiger partial charge is 0.361 e. The highest BCUT2D eigenvalue weighted by molar-refractivity contribution is 7.88. The Kier molecular flexibility index (Phi) is 4.05. The van der Waals surface area contributed by atoms with E-state index in [1.54, 1.807) is 4.90 Å². The first-order valence-electron chi connectivity index (χ1n) is 8.59. The highest BCUT2D eigenvalue weighted by Gasteiger charge is 2.60. The van der Waals surface area contributed by atoms with Crippen molar-refractivity contribution in [3.63, 3.8) is 0 Å². The van der Waals surface area contributed by atoms with Crippen molar-refractivity contribution in [2.24, 2.45) is 5.92 Å². The predicted octanol–water partition coefficient (Wildman–Crippen LogP) is -0.648. The highest BCUT2D eigenvalue weighted by Crippen LogP contribution is 2.38. The van der Waals surface area contributed by atoms with Gasteiger partial charge in [-0.15, -0.1) is 0 Å². The Bertz CT molecular complexity index is 871. The molecule has 1 N–H and O–H groups in total. The molecule has 9 heteroatoms. The Labute approximate surface area is 152 Å². The minimum atomic E-state index is -3.55. The molecule has 3 heterocycles. The zero-order valence-corrected chi connectivity index (χ0v) is 15.3. The van der Waals surface area contributed by atoms with Gasteiger partial charge in [0.05, 0.1) is 25.3 Å². The molecule has 26 heavy (non-hydrogen) atoms. The van der Waals surface area contributed by atoms with Gasteiger partial charge in [0.25, 0.3) is 5.91 Å². The number of hydrogen-bond acceptors (Lipinski definition) is 5. The fourth-order valence-corrected chi connectivity index (χ4v) is 4.91. The van der Waals surface area contributed by atoms with Crippen LogP contribution in [-0.2, 0) is 30.8 Å². The minimum absolute atomic E-state index is 0.0518. The minimum Gasteiger partial charge on any atom is -0.361 e. The van der Waals surface area contributed by atoms with E-state index >= 15 is 0 Å². The van der Waals surface area contributed by atoms with Crippen molar-refractivity contribution in [2.75, 3.05) is 43.9 Å². The quantitative estimate of drug-likeness (QED) is 0.737. The molecule has 0 bridgehead atoms. The lowest BCUT2D eigenvalue weighted by Crippen LogP contribution is -2.62. The number of amides is 2. The number of nitrogens with one attached hydrogen (secondary N) is 1. The summed E-state index contributed by atoms with van der Waals surface area (Å²) in [6.45, 7) is 0.940. The summed E-state index contributed by atoms with van der Waals surface area (Å²) in [6.07, 6.45) is 1.82. The molecule has 8 nitrogen and oxygen atoms in total. The van der Waals surface area contributed by atoms with Crippen molar-refractivity contribution < 1.29 is 22.7 Å². The lowest BCUT2D eigenvalue weighted by atomic mass is 9.87. The van der Waals surface area contributed by atoms with Gasteiger partial charge in [0, 0.05) is 25.3 Å². The average molecular weight is 379 g/mol. The molecule has 2 fully saturated rings. The first kappa shape index (κ1) is 17.4. The third kappa shape index (κ3) is 2.62. The van der Waals surface area contributed by atoms with Crippen LogP contribution in [0.4, 0.5) is 5.69 Å². The van der Waals surface area contributed by atoms with E-state index in [1.165, 1.54) is 4.31 Å². The number of rotatable bonds is 2. The van der Waals surface area contributed by atoms with Crippen molar-refractivity contribution in [3.05, 3.63) is 29.8 Å². The number of carbonyl (C=O) groups is 2. The van der Waals surface area contributed by atoms with E-state index in [4.69, 9.17) is 4.74 Å². The number of morpholine rings is 1. The maximum absolute atomic E-state index is 13.3. The smallest absolute Gasteiger partial charge is 0.254 e. The van der Waals surface area contributed by atoms with Gasteiger partial charge in [-0.05, 0) is 18.1 Å². The Morgan fingerprint density at radius 2 is 2.12 bits per heavy atom. The SMILES string of the molecule is CS(=O)(=O)N1C[C@H](C(=O)N2CCc3ccccc32)[C@@]2(C1)OCCNC2=O. The molecular weight excluding hydrogens is 358 g/mol. The normalized spacial score (nSPS) is 29.0. The molecule has 3 aliphatic rings. The van der Waals surface area contributed by atoms with Gasteiger partial charge in [-0.1, -0.05) is 18.2 Å². The maximum Gasteiger partial charge on any atom is 0.254 e. The van der Waals surface area contributed by atoms with E-state index in [9.17, 15) is 18.0 Å². The molecular formula is C17H21N3O5S. The van der Waals surface area contributed by atoms with Crippen LogP contribution in [0.1, 0.15) is 5.56 Å². The van der Waals surface area contributed by atoms with Gasteiger partial charge in [-0.2, -0.15) is 4.31 Å². The Morgan fingerprint density at radius 1 is 1.35 bits per heavy atom. The number of hydrogen-bond donors (Lipinski definition) is 1. The summed E-state index contributed by atoms with van der Waals surface area (Å²) in [5, 5.41) is 2.73. The fraction of sp³-hybridized carbons (Fsp3) is 0.529. The summed E-state index contributed by atoms with van der Waals surface area (Å²) in [5.41, 5.74) is 0.430. The predicted molar refractivity (Wildman–Crippen MR) is 94.1 cm³/mol. The number of benzene rings is 1. The molecule has 0 radical (unpaired) electrons. The second kappa shape index (κ2) is 6.04. The van der Waals surface area contributed by atoms with E-state index in [1.807, 2.05) is 24.3 Å². The van der Waals surface area contributed by atoms with E-state index in [0.717, 1.165) is 23.9 Å². The molecule has 0 aromatic heterocycles. The van der Waals surface area contributed by atoms with Crippen LogP contribution < -0.4 is 10.2 Å². The molecule has 140 valence electrons. The van der Waals surface area contributed by atoms with Crippen molar-refractivity contribution in [1.29, 1.82) is 0 Å². The lowest BCUT2D eigenvalue weighted by molar-refractivity contribution is -0.162. The average Bonchev–Trinajstić information content (AvgIpc) is 3.19. The number of anilines is 1. The van der Waals surface area contributed by atoms with Crippen LogP contribution in [0, 0.1) is 5.92 Å². The summed E-state index contributed by atoms with van der Waals surface area (Å²) in [5.74, 6) is -1.55. The van der Waals surface area contributed by atoms with E-state index < -0.39 is 27.4 Å². The second-order valence-corrected chi connectivity index (χ2v) is 8.95. The Hall–Kier alpha value is -1.97. The standard InChI is InChI=1S/C17H21N3O5S/c1-26(23,24)19-10-13(17(11-19)16(22)18-7-9-25-17)15(21)20-8-6-12-4-2-3-5-14(12)20/h2-5,13H,6-11H2,1H3,(H,18,22)/t13-,17-/m1/s1. The van der Waals surface area contributed by atoms with Crippen LogP contribution in [0.5, 0.6) is 0 Å². The number of sulfonamides is 1. The topological polar surface area (TPSA) is 96.0 Å². The second-order valence-electron chi connectivity index (χ2n) is 6.97. The van der Waals surface area contributed by atoms with Crippen LogP contribution in [0.25, 0.3) is 0 Å². The Morgan fingerprint density at radius 3 is 2.85 bits per heavy atom. The van der Waals surface area contributed by atoms with E-state index in [0.29, 0.717) is 13.1 Å².